The van der Waals surface area contributed by atoms with E-state index in [1.54, 1.807) is 0 Å². The Kier molecular flexibility index (Phi) is 10.3. The minimum absolute atomic E-state index is 0.242. The number of benzene rings is 1. The molecule has 0 aliphatic heterocycles. The van der Waals surface area contributed by atoms with Gasteiger partial charge in [-0.15, -0.1) is 0 Å². The molecule has 0 unspecified atom stereocenters. The zero-order valence-electron chi connectivity index (χ0n) is 15.6. The van der Waals surface area contributed by atoms with Gasteiger partial charge in [0.05, 0.1) is 5.56 Å². The molecular weight excluding hydrogens is 364 g/mol. The first-order valence-corrected chi connectivity index (χ1v) is 10.4. The van der Waals surface area contributed by atoms with E-state index in [9.17, 15) is 4.79 Å². The van der Waals surface area contributed by atoms with Crippen LogP contribution in [0, 0.1) is 0 Å². The second-order valence-corrected chi connectivity index (χ2v) is 8.26. The number of esters is 1. The van der Waals surface area contributed by atoms with E-state index in [2.05, 4.69) is 28.1 Å². The minimum atomic E-state index is -0.441. The number of hydrogen-bond donors (Lipinski definition) is 0. The molecule has 1 rings (SSSR count). The molecular formula is C21H33BrO2. The summed E-state index contributed by atoms with van der Waals surface area (Å²) in [6.07, 6.45) is 11.7. The van der Waals surface area contributed by atoms with E-state index in [0.29, 0.717) is 5.56 Å². The maximum atomic E-state index is 12.0. The summed E-state index contributed by atoms with van der Waals surface area (Å²) in [6, 6.07) is 7.87. The highest BCUT2D eigenvalue weighted by Crippen LogP contribution is 2.15. The van der Waals surface area contributed by atoms with E-state index in [0.717, 1.165) is 11.8 Å². The van der Waals surface area contributed by atoms with Gasteiger partial charge in [-0.25, -0.2) is 4.79 Å². The van der Waals surface area contributed by atoms with E-state index >= 15 is 0 Å². The topological polar surface area (TPSA) is 26.3 Å². The largest absolute Gasteiger partial charge is 0.456 e. The van der Waals surface area contributed by atoms with Crippen LogP contribution in [-0.4, -0.2) is 16.9 Å². The predicted molar refractivity (Wildman–Crippen MR) is 106 cm³/mol. The average Bonchev–Trinajstić information content (AvgIpc) is 2.52. The zero-order chi connectivity index (χ0) is 17.8. The highest BCUT2D eigenvalue weighted by molar-refractivity contribution is 9.09. The summed E-state index contributed by atoms with van der Waals surface area (Å²) in [7, 11) is 0. The van der Waals surface area contributed by atoms with Crippen molar-refractivity contribution in [2.24, 2.45) is 0 Å². The zero-order valence-corrected chi connectivity index (χ0v) is 17.2. The number of carbonyl (C=O) groups is 1. The third kappa shape index (κ3) is 10.1. The van der Waals surface area contributed by atoms with Gasteiger partial charge in [-0.2, -0.15) is 0 Å². The first kappa shape index (κ1) is 21.2. The fourth-order valence-corrected chi connectivity index (χ4v) is 3.03. The number of rotatable bonds is 11. The Balaban J connectivity index is 2.17. The molecule has 0 amide bonds. The summed E-state index contributed by atoms with van der Waals surface area (Å²) in [5.74, 6) is -0.242. The van der Waals surface area contributed by atoms with Gasteiger partial charge in [0.2, 0.25) is 0 Å². The molecule has 136 valence electrons. The summed E-state index contributed by atoms with van der Waals surface area (Å²) >= 11 is 3.47. The number of alkyl halides is 1. The molecule has 0 N–H and O–H groups in total. The van der Waals surface area contributed by atoms with Crippen molar-refractivity contribution in [2.75, 3.05) is 5.33 Å². The molecule has 0 atom stereocenters. The number of halogens is 1. The quantitative estimate of drug-likeness (QED) is 0.236. The predicted octanol–water partition coefficient (Wildman–Crippen LogP) is 6.70. The molecule has 0 aromatic heterocycles. The molecule has 0 fully saturated rings. The molecule has 1 aromatic rings. The molecule has 0 saturated heterocycles. The van der Waals surface area contributed by atoms with Crippen LogP contribution in [0.1, 0.15) is 88.1 Å². The number of unbranched alkanes of at least 4 members (excludes halogenated alkanes) is 7. The van der Waals surface area contributed by atoms with Crippen LogP contribution in [0.5, 0.6) is 0 Å². The van der Waals surface area contributed by atoms with E-state index in [4.69, 9.17) is 4.74 Å². The molecule has 3 heteroatoms. The van der Waals surface area contributed by atoms with Crippen LogP contribution in [-0.2, 0) is 11.2 Å². The van der Waals surface area contributed by atoms with E-state index in [1.165, 1.54) is 56.9 Å². The third-order valence-corrected chi connectivity index (χ3v) is 4.50. The van der Waals surface area contributed by atoms with Crippen molar-refractivity contribution in [3.63, 3.8) is 0 Å². The Labute approximate surface area is 156 Å². The van der Waals surface area contributed by atoms with Crippen LogP contribution in [0.15, 0.2) is 24.3 Å². The van der Waals surface area contributed by atoms with Gasteiger partial charge in [-0.1, -0.05) is 66.6 Å². The van der Waals surface area contributed by atoms with Crippen molar-refractivity contribution < 1.29 is 9.53 Å². The Bertz CT molecular complexity index is 460. The second kappa shape index (κ2) is 11.7. The fourth-order valence-electron chi connectivity index (χ4n) is 2.63. The molecule has 0 aliphatic rings. The number of hydrogen-bond acceptors (Lipinski definition) is 2. The average molecular weight is 397 g/mol. The lowest BCUT2D eigenvalue weighted by molar-refractivity contribution is 0.00695. The van der Waals surface area contributed by atoms with Gasteiger partial charge in [0, 0.05) is 5.33 Å². The van der Waals surface area contributed by atoms with Gasteiger partial charge >= 0.3 is 5.97 Å². The van der Waals surface area contributed by atoms with Crippen molar-refractivity contribution >= 4 is 21.9 Å². The monoisotopic (exact) mass is 396 g/mol. The standard InChI is InChI=1S/C21H33BrO2/c1-21(2,3)24-20(23)19-15-13-18(14-16-19)12-10-8-6-4-5-7-9-11-17-22/h13-16H,4-12,17H2,1-3H3. The van der Waals surface area contributed by atoms with Crippen LogP contribution in [0.3, 0.4) is 0 Å². The Morgan fingerprint density at radius 3 is 1.88 bits per heavy atom. The van der Waals surface area contributed by atoms with Crippen LogP contribution in [0.2, 0.25) is 0 Å². The Hall–Kier alpha value is -0.830. The van der Waals surface area contributed by atoms with Crippen LogP contribution in [0.4, 0.5) is 0 Å². The molecule has 0 saturated carbocycles. The molecule has 1 aromatic carbocycles. The van der Waals surface area contributed by atoms with Gasteiger partial charge in [0.15, 0.2) is 0 Å². The van der Waals surface area contributed by atoms with Crippen molar-refractivity contribution in [3.05, 3.63) is 35.4 Å². The second-order valence-electron chi connectivity index (χ2n) is 7.47. The van der Waals surface area contributed by atoms with Crippen LogP contribution < -0.4 is 0 Å². The Morgan fingerprint density at radius 2 is 1.38 bits per heavy atom. The highest BCUT2D eigenvalue weighted by Gasteiger charge is 2.17. The van der Waals surface area contributed by atoms with Crippen LogP contribution in [0.25, 0.3) is 0 Å². The number of aryl methyl sites for hydroxylation is 1. The number of carbonyl (C=O) groups excluding carboxylic acids is 1. The Morgan fingerprint density at radius 1 is 0.875 bits per heavy atom. The SMILES string of the molecule is CC(C)(C)OC(=O)c1ccc(CCCCCCCCCCBr)cc1. The van der Waals surface area contributed by atoms with Gasteiger partial charge in [0.1, 0.15) is 5.60 Å². The van der Waals surface area contributed by atoms with Crippen molar-refractivity contribution in [1.29, 1.82) is 0 Å². The summed E-state index contributed by atoms with van der Waals surface area (Å²) in [5, 5.41) is 1.14. The van der Waals surface area contributed by atoms with E-state index in [-0.39, 0.29) is 5.97 Å². The molecule has 0 spiro atoms. The summed E-state index contributed by atoms with van der Waals surface area (Å²) < 4.78 is 5.38. The smallest absolute Gasteiger partial charge is 0.338 e. The maximum absolute atomic E-state index is 12.0. The van der Waals surface area contributed by atoms with Crippen molar-refractivity contribution in [3.8, 4) is 0 Å². The lowest BCUT2D eigenvalue weighted by Crippen LogP contribution is -2.23. The molecule has 0 heterocycles. The lowest BCUT2D eigenvalue weighted by Gasteiger charge is -2.19. The molecule has 0 aliphatic carbocycles. The summed E-state index contributed by atoms with van der Waals surface area (Å²) in [5.41, 5.74) is 1.50. The molecule has 0 bridgehead atoms. The normalized spacial score (nSPS) is 11.5. The van der Waals surface area contributed by atoms with Gasteiger partial charge in [-0.3, -0.25) is 0 Å². The van der Waals surface area contributed by atoms with Crippen molar-refractivity contribution in [1.82, 2.24) is 0 Å². The highest BCUT2D eigenvalue weighted by atomic mass is 79.9. The third-order valence-electron chi connectivity index (χ3n) is 3.94. The fraction of sp³-hybridized carbons (Fsp3) is 0.667. The van der Waals surface area contributed by atoms with Gasteiger partial charge in [-0.05, 0) is 57.7 Å². The maximum Gasteiger partial charge on any atom is 0.338 e. The number of ether oxygens (including phenoxy) is 1. The van der Waals surface area contributed by atoms with Gasteiger partial charge in [0.25, 0.3) is 0 Å². The minimum Gasteiger partial charge on any atom is -0.456 e. The summed E-state index contributed by atoms with van der Waals surface area (Å²) in [4.78, 5) is 12.0. The lowest BCUT2D eigenvalue weighted by atomic mass is 10.0. The summed E-state index contributed by atoms with van der Waals surface area (Å²) in [6.45, 7) is 5.67. The van der Waals surface area contributed by atoms with E-state index in [1.807, 2.05) is 32.9 Å². The first-order chi connectivity index (χ1) is 11.4. The van der Waals surface area contributed by atoms with Crippen LogP contribution >= 0.6 is 15.9 Å². The molecule has 0 radical (unpaired) electrons. The molecule has 24 heavy (non-hydrogen) atoms. The molecule has 2 nitrogen and oxygen atoms in total. The van der Waals surface area contributed by atoms with Gasteiger partial charge < -0.3 is 4.74 Å². The first-order valence-electron chi connectivity index (χ1n) is 9.30. The van der Waals surface area contributed by atoms with E-state index < -0.39 is 5.60 Å². The van der Waals surface area contributed by atoms with Crippen molar-refractivity contribution in [2.45, 2.75) is 84.2 Å².